The summed E-state index contributed by atoms with van der Waals surface area (Å²) < 4.78 is 5.49. The molecule has 1 aliphatic heterocycles. The number of hydrogen-bond donors (Lipinski definition) is 2. The Morgan fingerprint density at radius 1 is 1.30 bits per heavy atom. The van der Waals surface area contributed by atoms with Crippen molar-refractivity contribution in [3.8, 4) is 0 Å². The van der Waals surface area contributed by atoms with Crippen LogP contribution in [0.4, 0.5) is 4.79 Å². The quantitative estimate of drug-likeness (QED) is 0.889. The highest BCUT2D eigenvalue weighted by Crippen LogP contribution is 2.20. The lowest BCUT2D eigenvalue weighted by atomic mass is 10.1. The highest BCUT2D eigenvalue weighted by atomic mass is 16.6. The van der Waals surface area contributed by atoms with Gasteiger partial charge in [-0.2, -0.15) is 0 Å². The van der Waals surface area contributed by atoms with Crippen LogP contribution in [0.5, 0.6) is 0 Å². The topological polar surface area (TPSA) is 78.9 Å². The Morgan fingerprint density at radius 3 is 2.48 bits per heavy atom. The lowest BCUT2D eigenvalue weighted by molar-refractivity contribution is -0.139. The van der Waals surface area contributed by atoms with E-state index in [-0.39, 0.29) is 6.04 Å². The van der Waals surface area contributed by atoms with Gasteiger partial charge in [0.05, 0.1) is 0 Å². The Morgan fingerprint density at radius 2 is 1.96 bits per heavy atom. The maximum atomic E-state index is 12.6. The van der Waals surface area contributed by atoms with Gasteiger partial charge in [0.1, 0.15) is 11.6 Å². The minimum atomic E-state index is -0.892. The fourth-order valence-electron chi connectivity index (χ4n) is 2.59. The Kier molecular flexibility index (Phi) is 5.26. The number of benzene rings is 1. The van der Waals surface area contributed by atoms with Gasteiger partial charge < -0.3 is 15.2 Å². The molecular weight excluding hydrogens is 296 g/mol. The van der Waals surface area contributed by atoms with Crippen molar-refractivity contribution in [3.63, 3.8) is 0 Å². The molecule has 126 valence electrons. The van der Waals surface area contributed by atoms with Crippen LogP contribution in [0.15, 0.2) is 30.3 Å². The Labute approximate surface area is 136 Å². The van der Waals surface area contributed by atoms with Gasteiger partial charge in [-0.25, -0.2) is 4.79 Å². The van der Waals surface area contributed by atoms with E-state index >= 15 is 0 Å². The van der Waals surface area contributed by atoms with Gasteiger partial charge in [0.15, 0.2) is 0 Å². The molecule has 6 heteroatoms. The van der Waals surface area contributed by atoms with Crippen molar-refractivity contribution < 1.29 is 19.4 Å². The summed E-state index contributed by atoms with van der Waals surface area (Å²) in [7, 11) is 0. The van der Waals surface area contributed by atoms with Crippen LogP contribution in [0.2, 0.25) is 0 Å². The fourth-order valence-corrected chi connectivity index (χ4v) is 2.59. The number of ether oxygens (including phenoxy) is 1. The number of carbonyl (C=O) groups excluding carboxylic acids is 1. The van der Waals surface area contributed by atoms with Crippen LogP contribution in [-0.2, 0) is 16.1 Å². The molecule has 1 aromatic rings. The molecular formula is C17H24N2O4. The van der Waals surface area contributed by atoms with Gasteiger partial charge in [0.25, 0.3) is 0 Å². The molecule has 1 unspecified atom stereocenters. The van der Waals surface area contributed by atoms with E-state index in [0.29, 0.717) is 19.5 Å². The van der Waals surface area contributed by atoms with Crippen molar-refractivity contribution in [1.29, 1.82) is 0 Å². The SMILES string of the molecule is CC(C)(C)OC(=O)N(Cc1ccccc1)C1CN[C@H](C(=O)O)C1. The number of aliphatic carboxylic acids is 1. The van der Waals surface area contributed by atoms with Crippen LogP contribution in [0.3, 0.4) is 0 Å². The third-order valence-corrected chi connectivity index (χ3v) is 3.67. The molecule has 6 nitrogen and oxygen atoms in total. The van der Waals surface area contributed by atoms with Crippen molar-refractivity contribution >= 4 is 12.1 Å². The second-order valence-electron chi connectivity index (χ2n) is 6.78. The molecule has 1 fully saturated rings. The number of carbonyl (C=O) groups is 2. The highest BCUT2D eigenvalue weighted by molar-refractivity contribution is 5.74. The molecule has 1 amide bonds. The van der Waals surface area contributed by atoms with E-state index in [2.05, 4.69) is 5.32 Å². The van der Waals surface area contributed by atoms with Crippen LogP contribution in [-0.4, -0.2) is 46.3 Å². The van der Waals surface area contributed by atoms with E-state index < -0.39 is 23.7 Å². The molecule has 23 heavy (non-hydrogen) atoms. The maximum absolute atomic E-state index is 12.6. The number of hydrogen-bond acceptors (Lipinski definition) is 4. The number of nitrogens with zero attached hydrogens (tertiary/aromatic N) is 1. The van der Waals surface area contributed by atoms with Crippen LogP contribution >= 0.6 is 0 Å². The number of rotatable bonds is 4. The predicted octanol–water partition coefficient (Wildman–Crippen LogP) is 2.24. The number of carboxylic acids is 1. The molecule has 0 bridgehead atoms. The van der Waals surface area contributed by atoms with E-state index in [4.69, 9.17) is 9.84 Å². The summed E-state index contributed by atoms with van der Waals surface area (Å²) in [6.45, 7) is 6.30. The molecule has 0 radical (unpaired) electrons. The van der Waals surface area contributed by atoms with Gasteiger partial charge in [-0.05, 0) is 32.8 Å². The molecule has 2 atom stereocenters. The summed E-state index contributed by atoms with van der Waals surface area (Å²) in [4.78, 5) is 25.3. The zero-order valence-electron chi connectivity index (χ0n) is 13.8. The van der Waals surface area contributed by atoms with Crippen molar-refractivity contribution in [2.45, 2.75) is 51.4 Å². The maximum Gasteiger partial charge on any atom is 0.410 e. The van der Waals surface area contributed by atoms with Gasteiger partial charge in [0.2, 0.25) is 0 Å². The van der Waals surface area contributed by atoms with Crippen LogP contribution < -0.4 is 5.32 Å². The van der Waals surface area contributed by atoms with Crippen molar-refractivity contribution in [2.75, 3.05) is 6.54 Å². The van der Waals surface area contributed by atoms with E-state index in [9.17, 15) is 9.59 Å². The summed E-state index contributed by atoms with van der Waals surface area (Å²) in [6, 6.07) is 8.79. The van der Waals surface area contributed by atoms with Gasteiger partial charge >= 0.3 is 12.1 Å². The van der Waals surface area contributed by atoms with E-state index in [1.54, 1.807) is 4.90 Å². The molecule has 0 saturated carbocycles. The summed E-state index contributed by atoms with van der Waals surface area (Å²) in [6.07, 6.45) is -0.0410. The average molecular weight is 320 g/mol. The van der Waals surface area contributed by atoms with Gasteiger partial charge in [-0.1, -0.05) is 30.3 Å². The summed E-state index contributed by atoms with van der Waals surface area (Å²) in [5.74, 6) is -0.892. The molecule has 2 rings (SSSR count). The Bertz CT molecular complexity index is 553. The molecule has 0 spiro atoms. The number of carboxylic acid groups (broad SMARTS) is 1. The third-order valence-electron chi connectivity index (χ3n) is 3.67. The standard InChI is InChI=1S/C17H24N2O4/c1-17(2,3)23-16(22)19(11-12-7-5-4-6-8-12)13-9-14(15(20)21)18-10-13/h4-8,13-14,18H,9-11H2,1-3H3,(H,20,21)/t13?,14-/m0/s1. The molecule has 0 aromatic heterocycles. The monoisotopic (exact) mass is 320 g/mol. The van der Waals surface area contributed by atoms with Crippen molar-refractivity contribution in [1.82, 2.24) is 10.2 Å². The Balaban J connectivity index is 2.14. The highest BCUT2D eigenvalue weighted by Gasteiger charge is 2.36. The fraction of sp³-hybridized carbons (Fsp3) is 0.529. The lowest BCUT2D eigenvalue weighted by Crippen LogP contribution is -2.43. The molecule has 0 aliphatic carbocycles. The van der Waals surface area contributed by atoms with E-state index in [1.807, 2.05) is 51.1 Å². The summed E-state index contributed by atoms with van der Waals surface area (Å²) in [5.41, 5.74) is 0.390. The van der Waals surface area contributed by atoms with Crippen LogP contribution in [0.1, 0.15) is 32.8 Å². The predicted molar refractivity (Wildman–Crippen MR) is 86.1 cm³/mol. The second kappa shape index (κ2) is 7.00. The molecule has 1 aromatic carbocycles. The first-order valence-electron chi connectivity index (χ1n) is 7.76. The number of nitrogens with one attached hydrogen (secondary N) is 1. The lowest BCUT2D eigenvalue weighted by Gasteiger charge is -2.31. The molecule has 1 saturated heterocycles. The normalized spacial score (nSPS) is 21.0. The van der Waals surface area contributed by atoms with Gasteiger partial charge in [-0.3, -0.25) is 9.69 Å². The zero-order valence-corrected chi connectivity index (χ0v) is 13.8. The first-order valence-corrected chi connectivity index (χ1v) is 7.76. The Hall–Kier alpha value is -2.08. The van der Waals surface area contributed by atoms with E-state index in [0.717, 1.165) is 5.56 Å². The minimum absolute atomic E-state index is 0.203. The molecule has 2 N–H and O–H groups in total. The molecule has 1 aliphatic rings. The first kappa shape index (κ1) is 17.3. The number of amides is 1. The largest absolute Gasteiger partial charge is 0.480 e. The van der Waals surface area contributed by atoms with Crippen molar-refractivity contribution in [3.05, 3.63) is 35.9 Å². The van der Waals surface area contributed by atoms with Crippen LogP contribution in [0, 0.1) is 0 Å². The first-order chi connectivity index (χ1) is 10.8. The minimum Gasteiger partial charge on any atom is -0.480 e. The average Bonchev–Trinajstić information content (AvgIpc) is 2.93. The summed E-state index contributed by atoms with van der Waals surface area (Å²) >= 11 is 0. The third kappa shape index (κ3) is 4.96. The van der Waals surface area contributed by atoms with Gasteiger partial charge in [0, 0.05) is 19.1 Å². The van der Waals surface area contributed by atoms with Crippen molar-refractivity contribution in [2.24, 2.45) is 0 Å². The second-order valence-corrected chi connectivity index (χ2v) is 6.78. The zero-order chi connectivity index (χ0) is 17.0. The van der Waals surface area contributed by atoms with E-state index in [1.165, 1.54) is 0 Å². The molecule has 1 heterocycles. The van der Waals surface area contributed by atoms with Crippen LogP contribution in [0.25, 0.3) is 0 Å². The summed E-state index contributed by atoms with van der Waals surface area (Å²) in [5, 5.41) is 12.1. The smallest absolute Gasteiger partial charge is 0.410 e. The van der Waals surface area contributed by atoms with Gasteiger partial charge in [-0.15, -0.1) is 0 Å².